The van der Waals surface area contributed by atoms with Crippen molar-refractivity contribution in [2.24, 2.45) is 0 Å². The Hall–Kier alpha value is -1.38. The van der Waals surface area contributed by atoms with Crippen LogP contribution in [0.4, 0.5) is 0 Å². The fourth-order valence-corrected chi connectivity index (χ4v) is 0.757. The predicted molar refractivity (Wildman–Crippen MR) is 51.7 cm³/mol. The highest BCUT2D eigenvalue weighted by Crippen LogP contribution is 2.03. The molecule has 70 valence electrons. The molecule has 0 aromatic carbocycles. The van der Waals surface area contributed by atoms with E-state index in [1.165, 1.54) is 5.57 Å². The van der Waals surface area contributed by atoms with E-state index in [-0.39, 0.29) is 0 Å². The molecule has 0 saturated carbocycles. The maximum Gasteiger partial charge on any atom is 0.316 e. The van der Waals surface area contributed by atoms with Gasteiger partial charge in [-0.3, -0.25) is 0 Å². The van der Waals surface area contributed by atoms with Gasteiger partial charge in [-0.25, -0.2) is 9.97 Å². The number of aromatic nitrogens is 2. The van der Waals surface area contributed by atoms with Crippen LogP contribution in [0.3, 0.4) is 0 Å². The Labute approximate surface area is 78.5 Å². The molecular formula is C10H14N2O. The average molecular weight is 178 g/mol. The molecule has 0 aliphatic carbocycles. The predicted octanol–water partition coefficient (Wildman–Crippen LogP) is 2.13. The quantitative estimate of drug-likeness (QED) is 0.665. The van der Waals surface area contributed by atoms with E-state index in [2.05, 4.69) is 9.97 Å². The molecule has 13 heavy (non-hydrogen) atoms. The normalized spacial score (nSPS) is 11.5. The van der Waals surface area contributed by atoms with E-state index >= 15 is 0 Å². The van der Waals surface area contributed by atoms with Crippen LogP contribution in [0.15, 0.2) is 23.9 Å². The maximum absolute atomic E-state index is 5.35. The van der Waals surface area contributed by atoms with Crippen molar-refractivity contribution in [3.05, 3.63) is 29.6 Å². The molecule has 1 rings (SSSR count). The van der Waals surface area contributed by atoms with Crippen molar-refractivity contribution in [3.8, 4) is 6.01 Å². The zero-order valence-electron chi connectivity index (χ0n) is 8.24. The summed E-state index contributed by atoms with van der Waals surface area (Å²) in [6.07, 6.45) is 3.71. The van der Waals surface area contributed by atoms with E-state index in [9.17, 15) is 0 Å². The smallest absolute Gasteiger partial charge is 0.316 e. The molecule has 0 atom stereocenters. The number of rotatable bonds is 3. The number of allylic oxidation sites excluding steroid dienone is 1. The summed E-state index contributed by atoms with van der Waals surface area (Å²) < 4.78 is 5.35. The SMILES string of the molecule is CC=C(C)COc1nccc(C)n1. The summed E-state index contributed by atoms with van der Waals surface area (Å²) in [5.74, 6) is 0. The van der Waals surface area contributed by atoms with Gasteiger partial charge in [-0.15, -0.1) is 0 Å². The van der Waals surface area contributed by atoms with Gasteiger partial charge in [-0.2, -0.15) is 0 Å². The molecule has 0 N–H and O–H groups in total. The Bertz CT molecular complexity index is 308. The Balaban J connectivity index is 2.55. The van der Waals surface area contributed by atoms with Crippen LogP contribution < -0.4 is 4.74 Å². The first-order chi connectivity index (χ1) is 6.22. The molecule has 3 nitrogen and oxygen atoms in total. The van der Waals surface area contributed by atoms with Crippen LogP contribution >= 0.6 is 0 Å². The lowest BCUT2D eigenvalue weighted by molar-refractivity contribution is 0.322. The maximum atomic E-state index is 5.35. The molecule has 0 aliphatic rings. The van der Waals surface area contributed by atoms with E-state index in [1.54, 1.807) is 6.20 Å². The molecule has 0 saturated heterocycles. The minimum atomic E-state index is 0.446. The van der Waals surface area contributed by atoms with Gasteiger partial charge >= 0.3 is 6.01 Å². The molecule has 0 radical (unpaired) electrons. The number of hydrogen-bond donors (Lipinski definition) is 0. The summed E-state index contributed by atoms with van der Waals surface area (Å²) in [5.41, 5.74) is 2.09. The third-order valence-electron chi connectivity index (χ3n) is 1.69. The van der Waals surface area contributed by atoms with Crippen molar-refractivity contribution in [1.82, 2.24) is 9.97 Å². The second-order valence-electron chi connectivity index (χ2n) is 2.90. The zero-order valence-corrected chi connectivity index (χ0v) is 8.24. The van der Waals surface area contributed by atoms with Crippen LogP contribution in [0.5, 0.6) is 6.01 Å². The van der Waals surface area contributed by atoms with Gasteiger partial charge < -0.3 is 4.74 Å². The van der Waals surface area contributed by atoms with Crippen molar-refractivity contribution in [2.75, 3.05) is 6.61 Å². The first kappa shape index (κ1) is 9.71. The van der Waals surface area contributed by atoms with Gasteiger partial charge in [0.1, 0.15) is 6.61 Å². The van der Waals surface area contributed by atoms with E-state index in [0.29, 0.717) is 12.6 Å². The molecule has 0 bridgehead atoms. The summed E-state index contributed by atoms with van der Waals surface area (Å²) >= 11 is 0. The van der Waals surface area contributed by atoms with Crippen molar-refractivity contribution in [1.29, 1.82) is 0 Å². The van der Waals surface area contributed by atoms with Gasteiger partial charge in [-0.1, -0.05) is 6.08 Å². The zero-order chi connectivity index (χ0) is 9.68. The Morgan fingerprint density at radius 1 is 1.62 bits per heavy atom. The summed E-state index contributed by atoms with van der Waals surface area (Å²) in [7, 11) is 0. The second-order valence-corrected chi connectivity index (χ2v) is 2.90. The Morgan fingerprint density at radius 3 is 3.00 bits per heavy atom. The first-order valence-corrected chi connectivity index (χ1v) is 4.26. The van der Waals surface area contributed by atoms with Crippen molar-refractivity contribution < 1.29 is 4.74 Å². The fraction of sp³-hybridized carbons (Fsp3) is 0.400. The lowest BCUT2D eigenvalue weighted by Crippen LogP contribution is -2.02. The first-order valence-electron chi connectivity index (χ1n) is 4.26. The highest BCUT2D eigenvalue weighted by atomic mass is 16.5. The van der Waals surface area contributed by atoms with E-state index < -0.39 is 0 Å². The highest BCUT2D eigenvalue weighted by molar-refractivity contribution is 5.05. The number of nitrogens with zero attached hydrogens (tertiary/aromatic N) is 2. The molecule has 1 heterocycles. The molecule has 1 aromatic rings. The second kappa shape index (κ2) is 4.60. The van der Waals surface area contributed by atoms with Gasteiger partial charge in [0.2, 0.25) is 0 Å². The molecular weight excluding hydrogens is 164 g/mol. The third kappa shape index (κ3) is 3.23. The van der Waals surface area contributed by atoms with Gasteiger partial charge in [0, 0.05) is 11.9 Å². The molecule has 0 amide bonds. The summed E-state index contributed by atoms with van der Waals surface area (Å²) in [4.78, 5) is 8.10. The molecule has 3 heteroatoms. The lowest BCUT2D eigenvalue weighted by atomic mass is 10.3. The Morgan fingerprint density at radius 2 is 2.38 bits per heavy atom. The van der Waals surface area contributed by atoms with Crippen molar-refractivity contribution >= 4 is 0 Å². The van der Waals surface area contributed by atoms with E-state index in [0.717, 1.165) is 5.69 Å². The van der Waals surface area contributed by atoms with Gasteiger partial charge in [-0.05, 0) is 32.4 Å². The molecule has 0 aliphatic heterocycles. The van der Waals surface area contributed by atoms with Gasteiger partial charge in [0.05, 0.1) is 0 Å². The minimum absolute atomic E-state index is 0.446. The van der Waals surface area contributed by atoms with Crippen LogP contribution in [0.25, 0.3) is 0 Å². The van der Waals surface area contributed by atoms with E-state index in [1.807, 2.05) is 32.9 Å². The standard InChI is InChI=1S/C10H14N2O/c1-4-8(2)7-13-10-11-6-5-9(3)12-10/h4-6H,7H2,1-3H3. The molecule has 1 aromatic heterocycles. The molecule has 0 fully saturated rings. The fourth-order valence-electron chi connectivity index (χ4n) is 0.757. The summed E-state index contributed by atoms with van der Waals surface area (Å²) in [5, 5.41) is 0. The molecule has 0 spiro atoms. The number of aryl methyl sites for hydroxylation is 1. The summed E-state index contributed by atoms with van der Waals surface area (Å²) in [6.45, 7) is 6.46. The van der Waals surface area contributed by atoms with Crippen LogP contribution in [-0.4, -0.2) is 16.6 Å². The average Bonchev–Trinajstić information content (AvgIpc) is 2.14. The van der Waals surface area contributed by atoms with Crippen LogP contribution in [-0.2, 0) is 0 Å². The van der Waals surface area contributed by atoms with E-state index in [4.69, 9.17) is 4.74 Å². The number of hydrogen-bond acceptors (Lipinski definition) is 3. The van der Waals surface area contributed by atoms with Gasteiger partial charge in [0.25, 0.3) is 0 Å². The van der Waals surface area contributed by atoms with Gasteiger partial charge in [0.15, 0.2) is 0 Å². The topological polar surface area (TPSA) is 35.0 Å². The highest BCUT2D eigenvalue weighted by Gasteiger charge is 1.96. The van der Waals surface area contributed by atoms with Crippen molar-refractivity contribution in [3.63, 3.8) is 0 Å². The summed E-state index contributed by atoms with van der Waals surface area (Å²) in [6, 6.07) is 2.29. The Kier molecular flexibility index (Phi) is 3.43. The van der Waals surface area contributed by atoms with Crippen LogP contribution in [0.2, 0.25) is 0 Å². The number of ether oxygens (including phenoxy) is 1. The lowest BCUT2D eigenvalue weighted by Gasteiger charge is -2.03. The molecule has 0 unspecified atom stereocenters. The largest absolute Gasteiger partial charge is 0.459 e. The third-order valence-corrected chi connectivity index (χ3v) is 1.69. The van der Waals surface area contributed by atoms with Crippen molar-refractivity contribution in [2.45, 2.75) is 20.8 Å². The monoisotopic (exact) mass is 178 g/mol. The minimum Gasteiger partial charge on any atom is -0.459 e. The van der Waals surface area contributed by atoms with Crippen LogP contribution in [0, 0.1) is 6.92 Å². The van der Waals surface area contributed by atoms with Crippen LogP contribution in [0.1, 0.15) is 19.5 Å².